The van der Waals surface area contributed by atoms with E-state index in [1.807, 2.05) is 0 Å². The minimum atomic E-state index is -0.608. The van der Waals surface area contributed by atoms with E-state index in [4.69, 9.17) is 10.5 Å². The lowest BCUT2D eigenvalue weighted by Gasteiger charge is -2.54. The maximum Gasteiger partial charge on any atom is 0.0767 e. The first-order valence-corrected chi connectivity index (χ1v) is 7.47. The van der Waals surface area contributed by atoms with Gasteiger partial charge in [0.15, 0.2) is 0 Å². The minimum Gasteiger partial charge on any atom is -0.389 e. The first-order chi connectivity index (χ1) is 8.41. The fraction of sp³-hybridized carbons (Fsp3) is 1.00. The van der Waals surface area contributed by atoms with E-state index in [-0.39, 0.29) is 11.0 Å². The van der Waals surface area contributed by atoms with Crippen LogP contribution in [-0.4, -0.2) is 29.5 Å². The quantitative estimate of drug-likeness (QED) is 0.792. The highest BCUT2D eigenvalue weighted by Crippen LogP contribution is 2.62. The van der Waals surface area contributed by atoms with E-state index in [0.717, 1.165) is 25.2 Å². The maximum absolute atomic E-state index is 11.3. The van der Waals surface area contributed by atoms with E-state index in [9.17, 15) is 5.11 Å². The molecule has 0 aromatic carbocycles. The van der Waals surface area contributed by atoms with E-state index in [1.165, 1.54) is 19.3 Å². The van der Waals surface area contributed by atoms with E-state index in [2.05, 4.69) is 13.8 Å². The van der Waals surface area contributed by atoms with Crippen LogP contribution in [0.4, 0.5) is 0 Å². The van der Waals surface area contributed by atoms with Crippen LogP contribution in [0.1, 0.15) is 52.4 Å². The lowest BCUT2D eigenvalue weighted by molar-refractivity contribution is -0.205. The summed E-state index contributed by atoms with van der Waals surface area (Å²) < 4.78 is 5.79. The van der Waals surface area contributed by atoms with Gasteiger partial charge in [-0.05, 0) is 44.9 Å². The summed E-state index contributed by atoms with van der Waals surface area (Å²) in [5.74, 6) is 1.46. The van der Waals surface area contributed by atoms with Crippen molar-refractivity contribution in [3.63, 3.8) is 0 Å². The Morgan fingerprint density at radius 1 is 1.33 bits per heavy atom. The monoisotopic (exact) mass is 253 g/mol. The van der Waals surface area contributed by atoms with Crippen LogP contribution in [0.25, 0.3) is 0 Å². The Morgan fingerprint density at radius 3 is 2.61 bits per heavy atom. The molecule has 1 aliphatic heterocycles. The molecule has 1 saturated heterocycles. The fourth-order valence-corrected chi connectivity index (χ4v) is 5.22. The zero-order valence-electron chi connectivity index (χ0n) is 11.7. The van der Waals surface area contributed by atoms with Gasteiger partial charge in [0.05, 0.1) is 17.8 Å². The molecule has 18 heavy (non-hydrogen) atoms. The van der Waals surface area contributed by atoms with Gasteiger partial charge >= 0.3 is 0 Å². The summed E-state index contributed by atoms with van der Waals surface area (Å²) >= 11 is 0. The van der Waals surface area contributed by atoms with Crippen LogP contribution in [0.3, 0.4) is 0 Å². The molecule has 3 heteroatoms. The summed E-state index contributed by atoms with van der Waals surface area (Å²) in [7, 11) is 0. The topological polar surface area (TPSA) is 55.5 Å². The van der Waals surface area contributed by atoms with Crippen LogP contribution >= 0.6 is 0 Å². The van der Waals surface area contributed by atoms with Crippen LogP contribution in [0, 0.1) is 17.3 Å². The van der Waals surface area contributed by atoms with Crippen molar-refractivity contribution in [3.05, 3.63) is 0 Å². The first-order valence-electron chi connectivity index (χ1n) is 7.47. The summed E-state index contributed by atoms with van der Waals surface area (Å²) in [6.45, 7) is 5.49. The molecule has 3 fully saturated rings. The predicted octanol–water partition coefficient (Wildman–Crippen LogP) is 2.07. The molecule has 104 valence electrons. The molecule has 1 heterocycles. The standard InChI is InChI=1S/C15H27NO2/c1-13(2)9-15(17,5-6-18-13)14(10-16)8-11-3-4-12(14)7-11/h11-12,17H,3-10,16H2,1-2H3. The molecule has 3 nitrogen and oxygen atoms in total. The van der Waals surface area contributed by atoms with Gasteiger partial charge in [0.25, 0.3) is 0 Å². The second-order valence-electron chi connectivity index (χ2n) is 7.51. The van der Waals surface area contributed by atoms with E-state index < -0.39 is 5.60 Å². The van der Waals surface area contributed by atoms with Crippen LogP contribution < -0.4 is 5.73 Å². The van der Waals surface area contributed by atoms with Gasteiger partial charge < -0.3 is 15.6 Å². The third kappa shape index (κ3) is 1.67. The number of aliphatic hydroxyl groups is 1. The number of hydrogen-bond donors (Lipinski definition) is 2. The molecule has 2 bridgehead atoms. The van der Waals surface area contributed by atoms with Crippen molar-refractivity contribution in [3.8, 4) is 0 Å². The van der Waals surface area contributed by atoms with Gasteiger partial charge in [0, 0.05) is 24.8 Å². The Morgan fingerprint density at radius 2 is 2.11 bits per heavy atom. The molecule has 0 aromatic heterocycles. The van der Waals surface area contributed by atoms with Crippen molar-refractivity contribution < 1.29 is 9.84 Å². The van der Waals surface area contributed by atoms with Gasteiger partial charge in [-0.25, -0.2) is 0 Å². The third-order valence-electron chi connectivity index (χ3n) is 5.99. The Hall–Kier alpha value is -0.120. The van der Waals surface area contributed by atoms with Gasteiger partial charge in [-0.3, -0.25) is 0 Å². The summed E-state index contributed by atoms with van der Waals surface area (Å²) in [6, 6.07) is 0. The van der Waals surface area contributed by atoms with Crippen LogP contribution in [0.2, 0.25) is 0 Å². The third-order valence-corrected chi connectivity index (χ3v) is 5.99. The SMILES string of the molecule is CC1(C)CC(O)(C2(CN)CC3CCC2C3)CCO1. The largest absolute Gasteiger partial charge is 0.389 e. The van der Waals surface area contributed by atoms with Crippen LogP contribution in [-0.2, 0) is 4.74 Å². The smallest absolute Gasteiger partial charge is 0.0767 e. The molecule has 2 aliphatic carbocycles. The number of fused-ring (bicyclic) bond motifs is 2. The van der Waals surface area contributed by atoms with Crippen LogP contribution in [0.5, 0.6) is 0 Å². The first kappa shape index (κ1) is 12.9. The number of nitrogens with two attached hydrogens (primary N) is 1. The average molecular weight is 253 g/mol. The normalized spacial score (nSPS) is 50.7. The van der Waals surface area contributed by atoms with E-state index >= 15 is 0 Å². The van der Waals surface area contributed by atoms with Gasteiger partial charge in [-0.15, -0.1) is 0 Å². The molecular formula is C15H27NO2. The van der Waals surface area contributed by atoms with Gasteiger partial charge in [-0.1, -0.05) is 6.42 Å². The van der Waals surface area contributed by atoms with Gasteiger partial charge in [-0.2, -0.15) is 0 Å². The molecule has 4 unspecified atom stereocenters. The van der Waals surface area contributed by atoms with Gasteiger partial charge in [0.2, 0.25) is 0 Å². The molecule has 0 aromatic rings. The van der Waals surface area contributed by atoms with Gasteiger partial charge in [0.1, 0.15) is 0 Å². The van der Waals surface area contributed by atoms with Crippen molar-refractivity contribution in [2.24, 2.45) is 23.0 Å². The summed E-state index contributed by atoms with van der Waals surface area (Å²) in [6.07, 6.45) is 6.55. The van der Waals surface area contributed by atoms with E-state index in [1.54, 1.807) is 0 Å². The highest BCUT2D eigenvalue weighted by atomic mass is 16.5. The summed E-state index contributed by atoms with van der Waals surface area (Å²) in [5, 5.41) is 11.3. The molecule has 3 aliphatic rings. The molecular weight excluding hydrogens is 226 g/mol. The molecule has 2 saturated carbocycles. The van der Waals surface area contributed by atoms with Crippen molar-refractivity contribution in [1.82, 2.24) is 0 Å². The number of ether oxygens (including phenoxy) is 1. The molecule has 0 spiro atoms. The summed E-state index contributed by atoms with van der Waals surface area (Å²) in [5.41, 5.74) is 5.31. The molecule has 0 amide bonds. The molecule has 0 radical (unpaired) electrons. The minimum absolute atomic E-state index is 0.0308. The lowest BCUT2D eigenvalue weighted by atomic mass is 9.58. The molecule has 3 N–H and O–H groups in total. The maximum atomic E-state index is 11.3. The van der Waals surface area contributed by atoms with Crippen molar-refractivity contribution in [1.29, 1.82) is 0 Å². The predicted molar refractivity (Wildman–Crippen MR) is 71.2 cm³/mol. The Bertz CT molecular complexity index is 343. The van der Waals surface area contributed by atoms with E-state index in [0.29, 0.717) is 19.1 Å². The number of hydrogen-bond acceptors (Lipinski definition) is 3. The summed E-state index contributed by atoms with van der Waals surface area (Å²) in [4.78, 5) is 0. The number of rotatable bonds is 2. The Kier molecular flexibility index (Phi) is 2.82. The average Bonchev–Trinajstić information content (AvgIpc) is 2.87. The Balaban J connectivity index is 1.91. The van der Waals surface area contributed by atoms with Crippen molar-refractivity contribution in [2.75, 3.05) is 13.2 Å². The Labute approximate surface area is 110 Å². The zero-order valence-corrected chi connectivity index (χ0v) is 11.7. The lowest BCUT2D eigenvalue weighted by Crippen LogP contribution is -2.61. The second kappa shape index (κ2) is 3.94. The molecule has 4 atom stereocenters. The van der Waals surface area contributed by atoms with Crippen molar-refractivity contribution >= 4 is 0 Å². The molecule has 3 rings (SSSR count). The highest BCUT2D eigenvalue weighted by molar-refractivity contribution is 5.13. The second-order valence-corrected chi connectivity index (χ2v) is 7.51. The van der Waals surface area contributed by atoms with Crippen LogP contribution in [0.15, 0.2) is 0 Å². The highest BCUT2D eigenvalue weighted by Gasteiger charge is 2.62. The fourth-order valence-electron chi connectivity index (χ4n) is 5.22. The zero-order chi connectivity index (χ0) is 13.0. The van der Waals surface area contributed by atoms with Crippen molar-refractivity contribution in [2.45, 2.75) is 63.6 Å².